The molecule has 118 valence electrons. The molecule has 0 aromatic carbocycles. The van der Waals surface area contributed by atoms with Crippen molar-refractivity contribution in [1.82, 2.24) is 9.36 Å². The number of nitrogens with two attached hydrogens (primary N) is 1. The lowest BCUT2D eigenvalue weighted by Gasteiger charge is -2.05. The van der Waals surface area contributed by atoms with E-state index in [1.807, 2.05) is 0 Å². The lowest BCUT2D eigenvalue weighted by atomic mass is 10.2. The van der Waals surface area contributed by atoms with Crippen LogP contribution < -0.4 is 11.1 Å². The summed E-state index contributed by atoms with van der Waals surface area (Å²) in [4.78, 5) is 26.4. The molecule has 7 nitrogen and oxygen atoms in total. The van der Waals surface area contributed by atoms with Gasteiger partial charge in [0.25, 0.3) is 0 Å². The number of rotatable bonds is 10. The third-order valence-electron chi connectivity index (χ3n) is 2.21. The van der Waals surface area contributed by atoms with Crippen molar-refractivity contribution in [1.29, 1.82) is 0 Å². The van der Waals surface area contributed by atoms with Gasteiger partial charge in [-0.3, -0.25) is 14.9 Å². The van der Waals surface area contributed by atoms with E-state index in [1.165, 1.54) is 11.8 Å². The molecular weight excluding hydrogens is 332 g/mol. The van der Waals surface area contributed by atoms with Crippen molar-refractivity contribution in [3.8, 4) is 0 Å². The minimum absolute atomic E-state index is 0.174. The van der Waals surface area contributed by atoms with Gasteiger partial charge in [-0.1, -0.05) is 18.7 Å². The molecule has 0 aliphatic rings. The number of hydrogen-bond donors (Lipinski definition) is 3. The van der Waals surface area contributed by atoms with Crippen LogP contribution in [0.4, 0.5) is 5.13 Å². The van der Waals surface area contributed by atoms with Gasteiger partial charge >= 0.3 is 5.97 Å². The van der Waals surface area contributed by atoms with Crippen molar-refractivity contribution < 1.29 is 14.7 Å². The standard InChI is InChI=1S/C11H18N4O3S3/c1-2-4-20-11-14-10(21-15-11)13-8(16)6-19-5-3-7(12)9(17)18/h7H,2-6,12H2,1H3,(H,17,18)(H,13,14,15,16). The summed E-state index contributed by atoms with van der Waals surface area (Å²) in [5.41, 5.74) is 5.37. The van der Waals surface area contributed by atoms with Gasteiger partial charge in [-0.2, -0.15) is 21.1 Å². The molecule has 21 heavy (non-hydrogen) atoms. The van der Waals surface area contributed by atoms with Crippen molar-refractivity contribution in [2.75, 3.05) is 22.6 Å². The number of hydrogen-bond acceptors (Lipinski definition) is 8. The summed E-state index contributed by atoms with van der Waals surface area (Å²) in [6, 6.07) is -0.873. The number of carboxylic acid groups (broad SMARTS) is 1. The first-order chi connectivity index (χ1) is 10.0. The molecule has 0 saturated carbocycles. The van der Waals surface area contributed by atoms with E-state index in [1.54, 1.807) is 11.8 Å². The average Bonchev–Trinajstić information content (AvgIpc) is 2.88. The predicted octanol–water partition coefficient (Wildman–Crippen LogP) is 1.51. The van der Waals surface area contributed by atoms with Crippen molar-refractivity contribution in [3.63, 3.8) is 0 Å². The molecule has 0 fully saturated rings. The molecule has 0 aliphatic heterocycles. The van der Waals surface area contributed by atoms with Crippen molar-refractivity contribution >= 4 is 52.1 Å². The van der Waals surface area contributed by atoms with Crippen LogP contribution in [0, 0.1) is 0 Å². The Kier molecular flexibility index (Phi) is 8.66. The number of amides is 1. The molecule has 1 unspecified atom stereocenters. The molecule has 1 aromatic heterocycles. The Labute approximate surface area is 135 Å². The summed E-state index contributed by atoms with van der Waals surface area (Å²) >= 11 is 4.06. The second-order valence-corrected chi connectivity index (χ2v) is 6.98. The van der Waals surface area contributed by atoms with E-state index in [-0.39, 0.29) is 11.7 Å². The van der Waals surface area contributed by atoms with Gasteiger partial charge in [0.15, 0.2) is 0 Å². The molecule has 1 atom stereocenters. The smallest absolute Gasteiger partial charge is 0.320 e. The van der Waals surface area contributed by atoms with Gasteiger partial charge in [0.2, 0.25) is 16.2 Å². The van der Waals surface area contributed by atoms with Crippen LogP contribution in [0.3, 0.4) is 0 Å². The number of aliphatic carboxylic acids is 1. The number of carboxylic acids is 1. The molecule has 1 aromatic rings. The van der Waals surface area contributed by atoms with E-state index < -0.39 is 12.0 Å². The van der Waals surface area contributed by atoms with Crippen molar-refractivity contribution in [2.45, 2.75) is 31.0 Å². The fourth-order valence-corrected chi connectivity index (χ4v) is 3.40. The molecule has 4 N–H and O–H groups in total. The Morgan fingerprint density at radius 2 is 2.24 bits per heavy atom. The molecule has 1 amide bonds. The highest BCUT2D eigenvalue weighted by atomic mass is 32.2. The van der Waals surface area contributed by atoms with Gasteiger partial charge < -0.3 is 10.8 Å². The topological polar surface area (TPSA) is 118 Å². The maximum Gasteiger partial charge on any atom is 0.320 e. The molecule has 1 heterocycles. The van der Waals surface area contributed by atoms with Crippen molar-refractivity contribution in [3.05, 3.63) is 0 Å². The first-order valence-corrected chi connectivity index (χ1v) is 9.26. The summed E-state index contributed by atoms with van der Waals surface area (Å²) in [6.45, 7) is 2.08. The number of carbonyl (C=O) groups excluding carboxylic acids is 1. The fourth-order valence-electron chi connectivity index (χ4n) is 1.17. The Balaban J connectivity index is 2.21. The zero-order chi connectivity index (χ0) is 15.7. The fraction of sp³-hybridized carbons (Fsp3) is 0.636. The quantitative estimate of drug-likeness (QED) is 0.429. The van der Waals surface area contributed by atoms with Crippen LogP contribution in [0.2, 0.25) is 0 Å². The SMILES string of the molecule is CCCSc1nsc(NC(=O)CSCCC(N)C(=O)O)n1. The third-order valence-corrected chi connectivity index (χ3v) is 5.00. The Hall–Kier alpha value is -0.840. The van der Waals surface area contributed by atoms with Crippen LogP contribution in [0.15, 0.2) is 5.16 Å². The molecule has 1 rings (SSSR count). The van der Waals surface area contributed by atoms with Gasteiger partial charge in [0, 0.05) is 17.3 Å². The first-order valence-electron chi connectivity index (χ1n) is 6.35. The molecule has 0 bridgehead atoms. The Bertz CT molecular complexity index is 469. The Morgan fingerprint density at radius 1 is 1.48 bits per heavy atom. The van der Waals surface area contributed by atoms with Gasteiger partial charge in [0.05, 0.1) is 5.75 Å². The van der Waals surface area contributed by atoms with Gasteiger partial charge in [-0.15, -0.1) is 0 Å². The predicted molar refractivity (Wildman–Crippen MR) is 87.1 cm³/mol. The second kappa shape index (κ2) is 9.98. The molecule has 0 saturated heterocycles. The number of thioether (sulfide) groups is 2. The molecule has 0 radical (unpaired) electrons. The minimum Gasteiger partial charge on any atom is -0.480 e. The van der Waals surface area contributed by atoms with Crippen LogP contribution in [-0.4, -0.2) is 49.6 Å². The highest BCUT2D eigenvalue weighted by Gasteiger charge is 2.12. The van der Waals surface area contributed by atoms with Crippen LogP contribution in [-0.2, 0) is 9.59 Å². The first kappa shape index (κ1) is 18.2. The van der Waals surface area contributed by atoms with E-state index in [2.05, 4.69) is 21.6 Å². The van der Waals surface area contributed by atoms with Crippen molar-refractivity contribution in [2.24, 2.45) is 5.73 Å². The van der Waals surface area contributed by atoms with Gasteiger partial charge in [-0.25, -0.2) is 0 Å². The number of aromatic nitrogens is 2. The number of carbonyl (C=O) groups is 2. The zero-order valence-electron chi connectivity index (χ0n) is 11.6. The highest BCUT2D eigenvalue weighted by molar-refractivity contribution is 8.00. The zero-order valence-corrected chi connectivity index (χ0v) is 14.0. The van der Waals surface area contributed by atoms with Crippen LogP contribution in [0.5, 0.6) is 0 Å². The summed E-state index contributed by atoms with van der Waals surface area (Å²) in [5.74, 6) is 0.514. The largest absolute Gasteiger partial charge is 0.480 e. The summed E-state index contributed by atoms with van der Waals surface area (Å²) in [7, 11) is 0. The average molecular weight is 350 g/mol. The van der Waals surface area contributed by atoms with Gasteiger partial charge in [-0.05, 0) is 18.6 Å². The lowest BCUT2D eigenvalue weighted by Crippen LogP contribution is -2.30. The molecule has 10 heteroatoms. The minimum atomic E-state index is -1.02. The second-order valence-electron chi connectivity index (χ2n) is 4.06. The molecular formula is C11H18N4O3S3. The lowest BCUT2D eigenvalue weighted by molar-refractivity contribution is -0.138. The van der Waals surface area contributed by atoms with E-state index in [0.29, 0.717) is 22.5 Å². The molecule has 0 spiro atoms. The number of nitrogens with one attached hydrogen (secondary N) is 1. The normalized spacial score (nSPS) is 12.1. The van der Waals surface area contributed by atoms with Gasteiger partial charge in [0.1, 0.15) is 6.04 Å². The summed E-state index contributed by atoms with van der Waals surface area (Å²) in [5, 5.41) is 12.5. The van der Waals surface area contributed by atoms with Crippen LogP contribution in [0.25, 0.3) is 0 Å². The number of nitrogens with zero attached hydrogens (tertiary/aromatic N) is 2. The summed E-state index contributed by atoms with van der Waals surface area (Å²) < 4.78 is 4.14. The van der Waals surface area contributed by atoms with E-state index >= 15 is 0 Å². The Morgan fingerprint density at radius 3 is 2.90 bits per heavy atom. The van der Waals surface area contributed by atoms with E-state index in [0.717, 1.165) is 23.7 Å². The maximum absolute atomic E-state index is 11.7. The monoisotopic (exact) mass is 350 g/mol. The third kappa shape index (κ3) is 7.65. The van der Waals surface area contributed by atoms with Crippen LogP contribution >= 0.6 is 35.1 Å². The van der Waals surface area contributed by atoms with E-state index in [9.17, 15) is 9.59 Å². The number of anilines is 1. The highest BCUT2D eigenvalue weighted by Crippen LogP contribution is 2.20. The summed E-state index contributed by atoms with van der Waals surface area (Å²) in [6.07, 6.45) is 1.38. The molecule has 0 aliphatic carbocycles. The maximum atomic E-state index is 11.7. The van der Waals surface area contributed by atoms with E-state index in [4.69, 9.17) is 10.8 Å². The van der Waals surface area contributed by atoms with Crippen LogP contribution in [0.1, 0.15) is 19.8 Å².